The molecule has 6 aromatic heterocycles. The van der Waals surface area contributed by atoms with E-state index in [9.17, 15) is 111 Å². The number of aryl methyl sites for hydroxylation is 1. The number of ether oxygens (including phenoxy) is 5. The van der Waals surface area contributed by atoms with Crippen LogP contribution in [-0.4, -0.2) is 201 Å². The van der Waals surface area contributed by atoms with Crippen molar-refractivity contribution in [3.8, 4) is 11.5 Å². The number of esters is 2. The van der Waals surface area contributed by atoms with Gasteiger partial charge in [0.15, 0.2) is 35.4 Å². The summed E-state index contributed by atoms with van der Waals surface area (Å²) >= 11 is 0. The maximum absolute atomic E-state index is 13.5. The number of hydrogen-bond acceptors (Lipinski definition) is 42. The molecule has 0 bridgehead atoms. The highest BCUT2D eigenvalue weighted by molar-refractivity contribution is 7.64. The molecule has 4 saturated heterocycles. The second-order valence-corrected chi connectivity index (χ2v) is 38.9. The molecular weight excluding hydrogens is 1890 g/mol. The number of fused-ring (bicyclic) bond motifs is 4. The lowest BCUT2D eigenvalue weighted by molar-refractivity contribution is -0.169. The topological polar surface area (TPSA) is 688 Å². The molecule has 20 atom stereocenters. The first kappa shape index (κ1) is 97.6. The molecule has 0 amide bonds. The Labute approximate surface area is 738 Å². The smallest absolute Gasteiger partial charge is 0.468 e. The van der Waals surface area contributed by atoms with Crippen LogP contribution in [-0.2, 0) is 127 Å². The largest absolute Gasteiger partial charge is 0.539 e. The Morgan fingerprint density at radius 3 is 1.34 bits per heavy atom. The number of aliphatic hydroxyl groups excluding tert-OH is 6. The van der Waals surface area contributed by atoms with E-state index in [1.54, 1.807) is 104 Å². The third-order valence-electron chi connectivity index (χ3n) is 20.1. The van der Waals surface area contributed by atoms with Crippen molar-refractivity contribution in [3.05, 3.63) is 249 Å². The molecule has 52 nitrogen and oxygen atoms in total. The van der Waals surface area contributed by atoms with Crippen LogP contribution in [0.2, 0.25) is 0 Å². The van der Waals surface area contributed by atoms with E-state index in [1.807, 2.05) is 0 Å². The SMILES string of the molecule is CC(=O)OC1CCOP(=O)(OP(=O)(O)OC[C@H]2O[C@@H](n3ccc(=O)n(Cc4noc5ccccc45)c3=O)[C@@H](O)C2O)O1.COC(=O)C(C)NP(=O)(Oc1ccccc1)OP(=O)(O)OC[C@H]1O[C@@H](n2ccc(=O)n(Cc3noc4ccccc34)c2=O)[C@@H](O)C1O.Cc1cccc2c1OP(=O)(OP(=O)(O)OC[C@H]1O[C@@H](n3ccc(=O)n(Cc4noc5ccccc45)c3=O)[C@@H](O)C1O)OC2. The molecule has 58 heteroatoms. The van der Waals surface area contributed by atoms with E-state index in [0.717, 1.165) is 78.2 Å². The molecule has 0 aliphatic carbocycles. The zero-order valence-electron chi connectivity index (χ0n) is 68.7. The lowest BCUT2D eigenvalue weighted by atomic mass is 10.1. The molecule has 0 saturated carbocycles. The van der Waals surface area contributed by atoms with Crippen molar-refractivity contribution in [1.29, 1.82) is 0 Å². The molecule has 132 heavy (non-hydrogen) atoms. The molecule has 11 heterocycles. The second-order valence-electron chi connectivity index (χ2n) is 29.2. The van der Waals surface area contributed by atoms with E-state index in [4.69, 9.17) is 77.3 Å². The van der Waals surface area contributed by atoms with Crippen LogP contribution in [0.3, 0.4) is 0 Å². The number of methoxy groups -OCH3 is 1. The van der Waals surface area contributed by atoms with Crippen molar-refractivity contribution in [1.82, 2.24) is 48.0 Å². The molecule has 16 rings (SSSR count). The van der Waals surface area contributed by atoms with Crippen molar-refractivity contribution in [3.63, 3.8) is 0 Å². The Balaban J connectivity index is 0.000000160. The van der Waals surface area contributed by atoms with Crippen molar-refractivity contribution in [2.45, 2.75) is 139 Å². The quantitative estimate of drug-likeness (QED) is 0.0227. The maximum atomic E-state index is 13.5. The number of aliphatic hydroxyl groups is 6. The molecule has 708 valence electrons. The first-order valence-electron chi connectivity index (χ1n) is 39.0. The lowest BCUT2D eigenvalue weighted by Crippen LogP contribution is -2.43. The van der Waals surface area contributed by atoms with Crippen molar-refractivity contribution in [2.24, 2.45) is 0 Å². The predicted octanol–water partition coefficient (Wildman–Crippen LogP) is 3.66. The predicted molar refractivity (Wildman–Crippen MR) is 441 cm³/mol. The summed E-state index contributed by atoms with van der Waals surface area (Å²) in [4.78, 5) is 131. The van der Waals surface area contributed by atoms with Gasteiger partial charge >= 0.3 is 75.9 Å². The molecule has 0 radical (unpaired) electrons. The van der Waals surface area contributed by atoms with Crippen LogP contribution in [0.15, 0.2) is 200 Å². The van der Waals surface area contributed by atoms with Gasteiger partial charge in [0.25, 0.3) is 16.7 Å². The van der Waals surface area contributed by atoms with Gasteiger partial charge < -0.3 is 91.6 Å². The maximum Gasteiger partial charge on any atom is 0.539 e. The lowest BCUT2D eigenvalue weighted by Gasteiger charge is -2.28. The number of nitrogens with zero attached hydrogens (tertiary/aromatic N) is 9. The number of benzene rings is 5. The van der Waals surface area contributed by atoms with E-state index in [1.165, 1.54) is 31.2 Å². The molecule has 11 unspecified atom stereocenters. The summed E-state index contributed by atoms with van der Waals surface area (Å²) in [5.41, 5.74) is -1.40. The first-order valence-corrected chi connectivity index (χ1v) is 48.0. The number of carbonyl (C=O) groups is 2. The Bertz CT molecular complexity index is 6800. The number of para-hydroxylation sites is 5. The monoisotopic (exact) mass is 1970 g/mol. The first-order chi connectivity index (χ1) is 62.6. The van der Waals surface area contributed by atoms with Crippen LogP contribution in [0.25, 0.3) is 32.9 Å². The highest BCUT2D eigenvalue weighted by Gasteiger charge is 2.52. The number of hydrogen-bond donors (Lipinski definition) is 10. The molecular formula is C74H80N10O42P6. The standard InChI is InChI=1S/C27H30N4O14P2.C25H25N3O13P2.C22H25N3O15P2/c1-16(26(35)40-2)29-46(37,44-17-8-4-3-5-9-17)45-47(38,39)41-15-21-23(33)24(34)25(42-21)30-13-12-22(32)31(27(30)36)14-19-18-10-6-7-11-20(18)43-28-19;1-14-5-4-6-15-12-37-43(35,40-23(14)15)41-42(33,34)36-13-19-21(30)22(31)24(38-19)27-10-9-20(29)28(25(27)32)11-17-16-7-2-3-8-18(16)39-26-17;1-12(26)36-18-7-9-34-42(33,39-18)40-41(31,32)35-11-16-19(28)20(29)21(37-16)24-8-6-17(27)25(22(24)30)10-14-13-4-2-3-5-15(13)38-23-14/h3-13,16,21,23-25,33-34H,14-15H2,1-2H3,(H,29,37)(H,38,39);2-10,19,21-22,24,30-31H,11-13H2,1H3,(H,33,34);2-6,8,16,18-21,28-29H,7,9-11H2,1H3,(H,31,32)/t16?,21-,23?,24+,25-,46?;19-,21?,22+,24-,43?;16-,18?,19?,20+,21-,42?/m111/s1. The minimum atomic E-state index is -5.32. The summed E-state index contributed by atoms with van der Waals surface area (Å²) in [5.74, 6) is -1.53. The van der Waals surface area contributed by atoms with Gasteiger partial charge in [-0.1, -0.05) is 88.3 Å². The Morgan fingerprint density at radius 2 is 0.924 bits per heavy atom. The zero-order valence-corrected chi connectivity index (χ0v) is 74.0. The number of aromatic nitrogens is 9. The third kappa shape index (κ3) is 22.5. The van der Waals surface area contributed by atoms with Gasteiger partial charge in [-0.2, -0.15) is 18.0 Å². The van der Waals surface area contributed by atoms with Gasteiger partial charge in [-0.05, 0) is 67.9 Å². The fourth-order valence-electron chi connectivity index (χ4n) is 13.7. The molecule has 5 aliphatic rings. The molecule has 0 spiro atoms. The normalized spacial score (nSPS) is 26.1. The summed E-state index contributed by atoms with van der Waals surface area (Å²) < 4.78 is 178. The van der Waals surface area contributed by atoms with Crippen LogP contribution in [0.4, 0.5) is 0 Å². The van der Waals surface area contributed by atoms with E-state index < -0.39 is 198 Å². The average Bonchev–Trinajstić information content (AvgIpc) is 1.52. The summed E-state index contributed by atoms with van der Waals surface area (Å²) in [6.45, 7) is 0.0145. The van der Waals surface area contributed by atoms with E-state index in [-0.39, 0.29) is 50.8 Å². The highest BCUT2D eigenvalue weighted by atomic mass is 31.3. The van der Waals surface area contributed by atoms with Crippen molar-refractivity contribution < 1.29 is 169 Å². The number of carbonyl (C=O) groups excluding carboxylic acids is 2. The van der Waals surface area contributed by atoms with E-state index in [2.05, 4.69) is 29.6 Å². The van der Waals surface area contributed by atoms with E-state index in [0.29, 0.717) is 61.1 Å². The van der Waals surface area contributed by atoms with Gasteiger partial charge in [0.1, 0.15) is 89.6 Å². The Kier molecular flexibility index (Phi) is 29.9. The summed E-state index contributed by atoms with van der Waals surface area (Å²) in [6.07, 6.45) is -17.7. The molecule has 5 aliphatic heterocycles. The van der Waals surface area contributed by atoms with Gasteiger partial charge in [0, 0.05) is 71.9 Å². The van der Waals surface area contributed by atoms with Gasteiger partial charge in [0.05, 0.1) is 59.8 Å². The fraction of sp³-hybridized carbons (Fsp3) is 0.365. The van der Waals surface area contributed by atoms with Crippen molar-refractivity contribution in [2.75, 3.05) is 33.5 Å². The van der Waals surface area contributed by atoms with Crippen LogP contribution in [0, 0.1) is 6.92 Å². The minimum absolute atomic E-state index is 0.0211. The minimum Gasteiger partial charge on any atom is -0.468 e. The number of phosphoric ester groups is 5. The van der Waals surface area contributed by atoms with Crippen LogP contribution >= 0.6 is 46.9 Å². The van der Waals surface area contributed by atoms with Crippen LogP contribution in [0.5, 0.6) is 11.5 Å². The molecule has 10 N–H and O–H groups in total. The average molecular weight is 1970 g/mol. The molecule has 5 aromatic carbocycles. The highest BCUT2D eigenvalue weighted by Crippen LogP contribution is 2.67. The van der Waals surface area contributed by atoms with Gasteiger partial charge in [0.2, 0.25) is 6.29 Å². The number of phosphoric acid groups is 5. The summed E-state index contributed by atoms with van der Waals surface area (Å²) in [7, 11) is -28.7. The Morgan fingerprint density at radius 1 is 0.523 bits per heavy atom. The second kappa shape index (κ2) is 40.4. The molecule has 11 aromatic rings. The fourth-order valence-corrected chi connectivity index (χ4v) is 22.1. The van der Waals surface area contributed by atoms with Gasteiger partial charge in [-0.15, -0.1) is 0 Å². The summed E-state index contributed by atoms with van der Waals surface area (Å²) in [5, 5.41) is 79.4. The van der Waals surface area contributed by atoms with Gasteiger partial charge in [-0.3, -0.25) is 74.0 Å². The van der Waals surface area contributed by atoms with E-state index >= 15 is 0 Å². The summed E-state index contributed by atoms with van der Waals surface area (Å²) in [6, 6.07) is 34.8. The van der Waals surface area contributed by atoms with Crippen LogP contribution in [0.1, 0.15) is 67.2 Å². The number of nitrogens with one attached hydrogen (secondary N) is 1. The van der Waals surface area contributed by atoms with Crippen LogP contribution < -0.4 is 47.9 Å². The van der Waals surface area contributed by atoms with Gasteiger partial charge in [-0.25, -0.2) is 46.3 Å². The Hall–Kier alpha value is -10.4. The molecule has 4 fully saturated rings. The third-order valence-corrected chi connectivity index (χ3v) is 29.5. The van der Waals surface area contributed by atoms with Crippen molar-refractivity contribution >= 4 is 91.7 Å². The number of rotatable bonds is 30. The zero-order chi connectivity index (χ0) is 94.7.